The summed E-state index contributed by atoms with van der Waals surface area (Å²) < 4.78 is 42.0. The maximum Gasteiger partial charge on any atom is 0.344 e. The summed E-state index contributed by atoms with van der Waals surface area (Å²) in [6, 6.07) is 11.8. The van der Waals surface area contributed by atoms with Gasteiger partial charge in [-0.1, -0.05) is 22.9 Å². The lowest BCUT2D eigenvalue weighted by atomic mass is 10.1. The first-order valence-electron chi connectivity index (χ1n) is 7.77. The second kappa shape index (κ2) is 7.77. The molecule has 26 heavy (non-hydrogen) atoms. The van der Waals surface area contributed by atoms with Crippen molar-refractivity contribution in [2.24, 2.45) is 0 Å². The molecule has 0 saturated heterocycles. The Morgan fingerprint density at radius 2 is 1.88 bits per heavy atom. The monoisotopic (exact) mass is 359 g/mol. The summed E-state index contributed by atoms with van der Waals surface area (Å²) in [5, 5.41) is 3.70. The Labute approximate surface area is 148 Å². The average molecular weight is 359 g/mol. The van der Waals surface area contributed by atoms with Gasteiger partial charge in [0.15, 0.2) is 12.4 Å². The predicted molar refractivity (Wildman–Crippen MR) is 88.3 cm³/mol. The minimum atomic E-state index is -0.767. The molecule has 7 heteroatoms. The van der Waals surface area contributed by atoms with Crippen LogP contribution >= 0.6 is 0 Å². The largest absolute Gasteiger partial charge is 0.482 e. The molecule has 0 amide bonds. The highest BCUT2D eigenvalue weighted by Gasteiger charge is 2.13. The molecule has 0 aliphatic rings. The molecule has 0 spiro atoms. The molecule has 0 saturated carbocycles. The van der Waals surface area contributed by atoms with Crippen molar-refractivity contribution in [2.75, 3.05) is 6.61 Å². The van der Waals surface area contributed by atoms with E-state index in [9.17, 15) is 13.6 Å². The summed E-state index contributed by atoms with van der Waals surface area (Å²) in [7, 11) is 0. The Balaban J connectivity index is 1.52. The molecule has 0 fully saturated rings. The summed E-state index contributed by atoms with van der Waals surface area (Å²) in [6.07, 6.45) is 0. The topological polar surface area (TPSA) is 61.6 Å². The average Bonchev–Trinajstić information content (AvgIpc) is 3.08. The van der Waals surface area contributed by atoms with Crippen LogP contribution in [-0.4, -0.2) is 17.7 Å². The van der Waals surface area contributed by atoms with Crippen LogP contribution in [0.5, 0.6) is 5.75 Å². The van der Waals surface area contributed by atoms with Crippen molar-refractivity contribution in [2.45, 2.75) is 13.5 Å². The molecule has 5 nitrogen and oxygen atoms in total. The van der Waals surface area contributed by atoms with Crippen molar-refractivity contribution < 1.29 is 27.6 Å². The number of ether oxygens (including phenoxy) is 2. The van der Waals surface area contributed by atoms with E-state index in [4.69, 9.17) is 14.0 Å². The van der Waals surface area contributed by atoms with Crippen LogP contribution < -0.4 is 4.74 Å². The molecule has 3 rings (SSSR count). The number of halogens is 2. The number of hydrogen-bond donors (Lipinski definition) is 0. The van der Waals surface area contributed by atoms with Crippen LogP contribution in [-0.2, 0) is 16.1 Å². The van der Waals surface area contributed by atoms with Gasteiger partial charge in [-0.05, 0) is 31.2 Å². The number of esters is 1. The zero-order chi connectivity index (χ0) is 18.5. The van der Waals surface area contributed by atoms with Crippen molar-refractivity contribution in [3.05, 3.63) is 71.4 Å². The van der Waals surface area contributed by atoms with Gasteiger partial charge in [0.2, 0.25) is 0 Å². The van der Waals surface area contributed by atoms with Crippen LogP contribution in [0.1, 0.15) is 11.3 Å². The molecule has 1 aromatic heterocycles. The van der Waals surface area contributed by atoms with Crippen molar-refractivity contribution in [1.82, 2.24) is 5.16 Å². The van der Waals surface area contributed by atoms with Crippen molar-refractivity contribution in [3.8, 4) is 17.1 Å². The quantitative estimate of drug-likeness (QED) is 0.622. The molecule has 3 aromatic rings. The number of carbonyl (C=O) groups excluding carboxylic acids is 1. The summed E-state index contributed by atoms with van der Waals surface area (Å²) >= 11 is 0. The molecule has 0 unspecified atom stereocenters. The van der Waals surface area contributed by atoms with Crippen LogP contribution in [0.4, 0.5) is 8.78 Å². The second-order valence-electron chi connectivity index (χ2n) is 5.57. The molecule has 0 aliphatic heterocycles. The van der Waals surface area contributed by atoms with Crippen LogP contribution in [0.3, 0.4) is 0 Å². The molecule has 0 N–H and O–H groups in total. The van der Waals surface area contributed by atoms with Gasteiger partial charge in [-0.2, -0.15) is 0 Å². The first kappa shape index (κ1) is 17.6. The van der Waals surface area contributed by atoms with Crippen molar-refractivity contribution in [1.29, 1.82) is 0 Å². The van der Waals surface area contributed by atoms with Gasteiger partial charge >= 0.3 is 5.97 Å². The predicted octanol–water partition coefficient (Wildman–Crippen LogP) is 4.05. The van der Waals surface area contributed by atoms with E-state index in [2.05, 4.69) is 5.16 Å². The summed E-state index contributed by atoms with van der Waals surface area (Å²) in [5.41, 5.74) is 1.45. The number of carbonyl (C=O) groups is 1. The van der Waals surface area contributed by atoms with E-state index in [0.29, 0.717) is 11.4 Å². The molecule has 0 bridgehead atoms. The van der Waals surface area contributed by atoms with Gasteiger partial charge < -0.3 is 14.0 Å². The van der Waals surface area contributed by atoms with E-state index in [0.717, 1.165) is 17.7 Å². The Bertz CT molecular complexity index is 906. The third-order valence-corrected chi connectivity index (χ3v) is 3.51. The normalized spacial score (nSPS) is 10.6. The zero-order valence-corrected chi connectivity index (χ0v) is 13.9. The summed E-state index contributed by atoms with van der Waals surface area (Å²) in [4.78, 5) is 11.7. The first-order valence-corrected chi connectivity index (χ1v) is 7.77. The van der Waals surface area contributed by atoms with E-state index in [-0.39, 0.29) is 24.5 Å². The maximum atomic E-state index is 13.7. The van der Waals surface area contributed by atoms with Gasteiger partial charge in [0.25, 0.3) is 0 Å². The molecular formula is C19H15F2NO4. The molecular weight excluding hydrogens is 344 g/mol. The van der Waals surface area contributed by atoms with E-state index in [1.165, 1.54) is 12.1 Å². The van der Waals surface area contributed by atoms with Crippen molar-refractivity contribution in [3.63, 3.8) is 0 Å². The molecule has 0 radical (unpaired) electrons. The van der Waals surface area contributed by atoms with Gasteiger partial charge in [0.1, 0.15) is 29.7 Å². The number of benzene rings is 2. The van der Waals surface area contributed by atoms with Crippen LogP contribution in [0, 0.1) is 18.6 Å². The first-order chi connectivity index (χ1) is 12.5. The lowest BCUT2D eigenvalue weighted by molar-refractivity contribution is -0.147. The fraction of sp³-hybridized carbons (Fsp3) is 0.158. The van der Waals surface area contributed by atoms with Gasteiger partial charge in [-0.25, -0.2) is 13.6 Å². The SMILES string of the molecule is Cc1ccc(OCC(=O)OCc2cc(-c3ccc(F)cc3F)on2)cc1. The zero-order valence-electron chi connectivity index (χ0n) is 13.9. The Morgan fingerprint density at radius 1 is 1.12 bits per heavy atom. The fourth-order valence-electron chi connectivity index (χ4n) is 2.17. The third-order valence-electron chi connectivity index (χ3n) is 3.51. The minimum Gasteiger partial charge on any atom is -0.482 e. The van der Waals surface area contributed by atoms with Crippen LogP contribution in [0.25, 0.3) is 11.3 Å². The maximum absolute atomic E-state index is 13.7. The molecule has 1 heterocycles. The highest BCUT2D eigenvalue weighted by Crippen LogP contribution is 2.24. The van der Waals surface area contributed by atoms with Gasteiger partial charge in [-0.3, -0.25) is 0 Å². The van der Waals surface area contributed by atoms with Crippen molar-refractivity contribution >= 4 is 5.97 Å². The number of aromatic nitrogens is 1. The smallest absolute Gasteiger partial charge is 0.344 e. The van der Waals surface area contributed by atoms with Crippen LogP contribution in [0.15, 0.2) is 53.1 Å². The number of hydrogen-bond acceptors (Lipinski definition) is 5. The van der Waals surface area contributed by atoms with E-state index < -0.39 is 17.6 Å². The Morgan fingerprint density at radius 3 is 2.62 bits per heavy atom. The van der Waals surface area contributed by atoms with E-state index >= 15 is 0 Å². The lowest BCUT2D eigenvalue weighted by Gasteiger charge is -2.06. The van der Waals surface area contributed by atoms with E-state index in [1.807, 2.05) is 19.1 Å². The summed E-state index contributed by atoms with van der Waals surface area (Å²) in [6.45, 7) is 1.55. The van der Waals surface area contributed by atoms with E-state index in [1.54, 1.807) is 12.1 Å². The highest BCUT2D eigenvalue weighted by atomic mass is 19.1. The van der Waals surface area contributed by atoms with Gasteiger partial charge in [0, 0.05) is 12.1 Å². The number of aryl methyl sites for hydroxylation is 1. The van der Waals surface area contributed by atoms with Gasteiger partial charge in [0.05, 0.1) is 5.56 Å². The Kier molecular flexibility index (Phi) is 5.26. The number of nitrogens with zero attached hydrogens (tertiary/aromatic N) is 1. The second-order valence-corrected chi connectivity index (χ2v) is 5.57. The molecule has 0 atom stereocenters. The molecule has 2 aromatic carbocycles. The summed E-state index contributed by atoms with van der Waals surface area (Å²) in [5.74, 6) is -1.36. The molecule has 0 aliphatic carbocycles. The van der Waals surface area contributed by atoms with Crippen LogP contribution in [0.2, 0.25) is 0 Å². The number of rotatable bonds is 6. The minimum absolute atomic E-state index is 0.0687. The highest BCUT2D eigenvalue weighted by molar-refractivity contribution is 5.71. The fourth-order valence-corrected chi connectivity index (χ4v) is 2.17. The Hall–Kier alpha value is -3.22. The molecule has 134 valence electrons. The third kappa shape index (κ3) is 4.44. The standard InChI is InChI=1S/C19H15F2NO4/c1-12-2-5-15(6-3-12)24-11-19(23)25-10-14-9-18(26-22-14)16-7-4-13(20)8-17(16)21/h2-9H,10-11H2,1H3. The lowest BCUT2D eigenvalue weighted by Crippen LogP contribution is -2.14. The van der Waals surface area contributed by atoms with Gasteiger partial charge in [-0.15, -0.1) is 0 Å².